The number of nitrogens with zero attached hydrogens (tertiary/aromatic N) is 2. The average molecular weight is 382 g/mol. The van der Waals surface area contributed by atoms with Gasteiger partial charge in [-0.2, -0.15) is 0 Å². The van der Waals surface area contributed by atoms with E-state index in [4.69, 9.17) is 20.4 Å². The summed E-state index contributed by atoms with van der Waals surface area (Å²) in [6, 6.07) is 0. The van der Waals surface area contributed by atoms with Crippen LogP contribution >= 0.6 is 0 Å². The molecule has 4 N–H and O–H groups in total. The molecule has 12 heteroatoms. The van der Waals surface area contributed by atoms with Gasteiger partial charge in [-0.05, 0) is 0 Å². The molecule has 0 radical (unpaired) electrons. The zero-order valence-corrected chi connectivity index (χ0v) is 17.2. The Hall–Kier alpha value is -0.577. The maximum absolute atomic E-state index is 10.6. The van der Waals surface area contributed by atoms with Crippen LogP contribution in [0.15, 0.2) is 0 Å². The second-order valence-corrected chi connectivity index (χ2v) is 4.00. The summed E-state index contributed by atoms with van der Waals surface area (Å²) in [7, 11) is 0. The summed E-state index contributed by atoms with van der Waals surface area (Å²) in [5.74, 6) is -4.91. The molecule has 0 atom stereocenters. The van der Waals surface area contributed by atoms with Crippen molar-refractivity contribution in [1.29, 1.82) is 0 Å². The van der Waals surface area contributed by atoms with E-state index in [1.165, 1.54) is 0 Å². The first kappa shape index (κ1) is 26.3. The Balaban J connectivity index is -0.000000602. The minimum Gasteiger partial charge on any atom is -1.00 e. The SMILES string of the molecule is O=C(O)CN(CCN(CC(=O)O)CC(=O)O)CC(=O)O.[H-].[Na+].[Zn]. The first-order chi connectivity index (χ1) is 9.20. The van der Waals surface area contributed by atoms with Crippen LogP contribution in [-0.4, -0.2) is 93.4 Å². The number of hydrogen-bond donors (Lipinski definition) is 4. The zero-order chi connectivity index (χ0) is 15.7. The Kier molecular flexibility index (Phi) is 16.8. The van der Waals surface area contributed by atoms with Gasteiger partial charge in [0.1, 0.15) is 0 Å². The van der Waals surface area contributed by atoms with Crippen molar-refractivity contribution in [2.45, 2.75) is 0 Å². The fourth-order valence-electron chi connectivity index (χ4n) is 1.48. The van der Waals surface area contributed by atoms with Crippen molar-refractivity contribution >= 4 is 23.9 Å². The molecule has 0 bridgehead atoms. The molecule has 22 heavy (non-hydrogen) atoms. The van der Waals surface area contributed by atoms with Gasteiger partial charge in [-0.1, -0.05) is 0 Å². The molecule has 0 aromatic heterocycles. The standard InChI is InChI=1S/C10H16N2O8.Na.Zn.H/c13-7(14)3-11(4-8(15)16)1-2-12(5-9(17)18)6-10(19)20;;;/h1-6H2,(H,13,14)(H,15,16)(H,17,18)(H,19,20);;;/q;+1;;-1. The van der Waals surface area contributed by atoms with Crippen LogP contribution in [0.3, 0.4) is 0 Å². The fourth-order valence-corrected chi connectivity index (χ4v) is 1.48. The van der Waals surface area contributed by atoms with E-state index in [1.54, 1.807) is 0 Å². The number of carboxylic acid groups (broad SMARTS) is 4. The molecule has 0 amide bonds. The average Bonchev–Trinajstić information content (AvgIpc) is 2.22. The van der Waals surface area contributed by atoms with Gasteiger partial charge >= 0.3 is 53.4 Å². The van der Waals surface area contributed by atoms with Crippen molar-refractivity contribution < 1.29 is 90.1 Å². The van der Waals surface area contributed by atoms with E-state index in [1.807, 2.05) is 0 Å². The van der Waals surface area contributed by atoms with Crippen LogP contribution < -0.4 is 29.6 Å². The van der Waals surface area contributed by atoms with Gasteiger partial charge in [0.15, 0.2) is 0 Å². The Bertz CT molecular complexity index is 333. The molecule has 0 aromatic rings. The molecule has 0 rings (SSSR count). The molecule has 0 aliphatic carbocycles. The van der Waals surface area contributed by atoms with Gasteiger partial charge in [-0.25, -0.2) is 0 Å². The monoisotopic (exact) mass is 380 g/mol. The van der Waals surface area contributed by atoms with Gasteiger partial charge in [0.2, 0.25) is 0 Å². The van der Waals surface area contributed by atoms with E-state index in [0.717, 1.165) is 9.80 Å². The van der Waals surface area contributed by atoms with Gasteiger partial charge in [-0.15, -0.1) is 0 Å². The van der Waals surface area contributed by atoms with Crippen LogP contribution in [0.2, 0.25) is 0 Å². The first-order valence-corrected chi connectivity index (χ1v) is 5.52. The van der Waals surface area contributed by atoms with Gasteiger partial charge in [0.25, 0.3) is 0 Å². The summed E-state index contributed by atoms with van der Waals surface area (Å²) < 4.78 is 0. The van der Waals surface area contributed by atoms with Crippen molar-refractivity contribution in [3.05, 3.63) is 0 Å². The van der Waals surface area contributed by atoms with Crippen molar-refractivity contribution in [1.82, 2.24) is 9.80 Å². The van der Waals surface area contributed by atoms with Crippen LogP contribution in [0.1, 0.15) is 1.43 Å². The van der Waals surface area contributed by atoms with E-state index in [2.05, 4.69) is 0 Å². The van der Waals surface area contributed by atoms with Crippen molar-refractivity contribution in [3.8, 4) is 0 Å². The normalized spacial score (nSPS) is 9.73. The van der Waals surface area contributed by atoms with Crippen LogP contribution in [0.25, 0.3) is 0 Å². The molecular formula is C10H17N2NaO8Zn. The third-order valence-electron chi connectivity index (χ3n) is 2.17. The minimum atomic E-state index is -1.23. The molecule has 0 heterocycles. The Morgan fingerprint density at radius 3 is 0.955 bits per heavy atom. The van der Waals surface area contributed by atoms with E-state index >= 15 is 0 Å². The van der Waals surface area contributed by atoms with Gasteiger partial charge in [0.05, 0.1) is 26.2 Å². The third-order valence-corrected chi connectivity index (χ3v) is 2.17. The quantitative estimate of drug-likeness (QED) is 0.256. The molecule has 0 saturated carbocycles. The molecule has 0 spiro atoms. The van der Waals surface area contributed by atoms with E-state index in [-0.39, 0.29) is 63.6 Å². The molecule has 0 fully saturated rings. The number of aliphatic carboxylic acids is 4. The van der Waals surface area contributed by atoms with Gasteiger partial charge in [0, 0.05) is 32.6 Å². The second-order valence-electron chi connectivity index (χ2n) is 4.00. The van der Waals surface area contributed by atoms with Crippen molar-refractivity contribution in [3.63, 3.8) is 0 Å². The van der Waals surface area contributed by atoms with Crippen LogP contribution in [0.5, 0.6) is 0 Å². The largest absolute Gasteiger partial charge is 1.00 e. The summed E-state index contributed by atoms with van der Waals surface area (Å²) in [4.78, 5) is 44.4. The molecule has 0 saturated heterocycles. The predicted molar refractivity (Wildman–Crippen MR) is 64.5 cm³/mol. The number of carbonyl (C=O) groups is 4. The fraction of sp³-hybridized carbons (Fsp3) is 0.600. The Morgan fingerprint density at radius 2 is 0.818 bits per heavy atom. The summed E-state index contributed by atoms with van der Waals surface area (Å²) >= 11 is 0. The van der Waals surface area contributed by atoms with Crippen LogP contribution in [-0.2, 0) is 38.7 Å². The molecule has 0 aromatic carbocycles. The first-order valence-electron chi connectivity index (χ1n) is 5.52. The van der Waals surface area contributed by atoms with Gasteiger partial charge in [-0.3, -0.25) is 29.0 Å². The smallest absolute Gasteiger partial charge is 1.00 e. The maximum atomic E-state index is 10.6. The summed E-state index contributed by atoms with van der Waals surface area (Å²) in [5.41, 5.74) is 0. The minimum absolute atomic E-state index is 0. The molecule has 0 unspecified atom stereocenters. The second kappa shape index (κ2) is 14.0. The molecule has 118 valence electrons. The number of hydrogen-bond acceptors (Lipinski definition) is 6. The molecule has 0 aliphatic rings. The van der Waals surface area contributed by atoms with E-state index < -0.39 is 50.1 Å². The van der Waals surface area contributed by atoms with Crippen LogP contribution in [0.4, 0.5) is 0 Å². The van der Waals surface area contributed by atoms with Crippen LogP contribution in [0, 0.1) is 0 Å². The Labute approximate surface area is 162 Å². The number of rotatable bonds is 11. The molecule has 10 nitrogen and oxygen atoms in total. The topological polar surface area (TPSA) is 156 Å². The van der Waals surface area contributed by atoms with E-state index in [0.29, 0.717) is 0 Å². The predicted octanol–water partition coefficient (Wildman–Crippen LogP) is -4.96. The summed E-state index contributed by atoms with van der Waals surface area (Å²) in [6.07, 6.45) is 0. The van der Waals surface area contributed by atoms with Crippen molar-refractivity contribution in [2.24, 2.45) is 0 Å². The zero-order valence-electron chi connectivity index (χ0n) is 13.3. The molecule has 0 aliphatic heterocycles. The number of carboxylic acids is 4. The molecular weight excluding hydrogens is 364 g/mol. The summed E-state index contributed by atoms with van der Waals surface area (Å²) in [5, 5.41) is 34.5. The summed E-state index contributed by atoms with van der Waals surface area (Å²) in [6.45, 7) is -2.25. The maximum Gasteiger partial charge on any atom is 1.00 e. The van der Waals surface area contributed by atoms with E-state index in [9.17, 15) is 19.2 Å². The van der Waals surface area contributed by atoms with Gasteiger partial charge < -0.3 is 21.9 Å². The van der Waals surface area contributed by atoms with Crippen molar-refractivity contribution in [2.75, 3.05) is 39.3 Å². The third kappa shape index (κ3) is 15.8. The Morgan fingerprint density at radius 1 is 0.636 bits per heavy atom.